The number of aryl methyl sites for hydroxylation is 1. The minimum absolute atomic E-state index is 0.115. The fraction of sp³-hybridized carbons (Fsp3) is 0.250. The van der Waals surface area contributed by atoms with Crippen molar-refractivity contribution in [2.75, 3.05) is 18.5 Å². The molecule has 2 aromatic heterocycles. The van der Waals surface area contributed by atoms with Crippen molar-refractivity contribution in [1.29, 1.82) is 0 Å². The summed E-state index contributed by atoms with van der Waals surface area (Å²) in [5.41, 5.74) is 5.63. The third-order valence-corrected chi connectivity index (χ3v) is 8.05. The number of furan rings is 1. The molecule has 2 N–H and O–H groups in total. The van der Waals surface area contributed by atoms with Gasteiger partial charge in [0.2, 0.25) is 6.29 Å². The molecule has 6 rings (SSSR count). The number of carbonyl (C=O) groups excluding carboxylic acids is 1. The summed E-state index contributed by atoms with van der Waals surface area (Å²) in [6.07, 6.45) is 4.92. The number of aliphatic hydroxyl groups is 1. The Kier molecular flexibility index (Phi) is 7.64. The summed E-state index contributed by atoms with van der Waals surface area (Å²) in [4.78, 5) is 18.1. The molecular formula is C32H30N2O5S. The van der Waals surface area contributed by atoms with Crippen molar-refractivity contribution in [3.8, 4) is 10.6 Å². The highest BCUT2D eigenvalue weighted by Gasteiger charge is 2.30. The largest absolute Gasteiger partial charge is 0.464 e. The van der Waals surface area contributed by atoms with E-state index in [4.69, 9.17) is 24.0 Å². The van der Waals surface area contributed by atoms with Crippen LogP contribution in [0.25, 0.3) is 31.8 Å². The molecule has 0 bridgehead atoms. The Morgan fingerprint density at radius 1 is 1.12 bits per heavy atom. The van der Waals surface area contributed by atoms with Crippen LogP contribution in [0.1, 0.15) is 36.3 Å². The molecule has 204 valence electrons. The van der Waals surface area contributed by atoms with Gasteiger partial charge in [0, 0.05) is 41.1 Å². The Balaban J connectivity index is 1.20. The number of benzene rings is 3. The van der Waals surface area contributed by atoms with Crippen LogP contribution in [0.5, 0.6) is 0 Å². The number of para-hydroxylation sites is 1. The zero-order valence-electron chi connectivity index (χ0n) is 22.1. The third-order valence-electron chi connectivity index (χ3n) is 6.98. The molecular weight excluding hydrogens is 524 g/mol. The molecule has 0 spiro atoms. The first-order valence-corrected chi connectivity index (χ1v) is 14.2. The highest BCUT2D eigenvalue weighted by Crippen LogP contribution is 2.37. The fourth-order valence-corrected chi connectivity index (χ4v) is 5.96. The van der Waals surface area contributed by atoms with Gasteiger partial charge in [0.15, 0.2) is 5.76 Å². The topological polar surface area (TPSA) is 93.8 Å². The molecule has 0 aliphatic carbocycles. The Morgan fingerprint density at radius 2 is 1.98 bits per heavy atom. The molecule has 0 saturated heterocycles. The van der Waals surface area contributed by atoms with Gasteiger partial charge in [-0.05, 0) is 73.9 Å². The molecule has 0 fully saturated rings. The average molecular weight is 555 g/mol. The lowest BCUT2D eigenvalue weighted by molar-refractivity contribution is -0.143. The summed E-state index contributed by atoms with van der Waals surface area (Å²) in [5.74, 6) is -0.255. The second-order valence-electron chi connectivity index (χ2n) is 9.93. The first-order valence-electron chi connectivity index (χ1n) is 13.4. The summed E-state index contributed by atoms with van der Waals surface area (Å²) in [6.45, 7) is 2.63. The summed E-state index contributed by atoms with van der Waals surface area (Å²) in [6, 6.07) is 21.8. The van der Waals surface area contributed by atoms with Crippen LogP contribution in [-0.2, 0) is 14.3 Å². The van der Waals surface area contributed by atoms with E-state index < -0.39 is 6.29 Å². The number of aliphatic hydroxyl groups excluding tert-OH is 1. The molecule has 0 radical (unpaired) electrons. The number of amides is 1. The molecule has 40 heavy (non-hydrogen) atoms. The van der Waals surface area contributed by atoms with Gasteiger partial charge in [-0.3, -0.25) is 4.79 Å². The van der Waals surface area contributed by atoms with Crippen LogP contribution in [0.15, 0.2) is 89.2 Å². The van der Waals surface area contributed by atoms with E-state index in [9.17, 15) is 4.79 Å². The van der Waals surface area contributed by atoms with Crippen molar-refractivity contribution in [3.63, 3.8) is 0 Å². The number of fused-ring (bicyclic) bond motifs is 2. The number of carbonyl (C=O) groups is 1. The lowest BCUT2D eigenvalue weighted by Crippen LogP contribution is -2.29. The minimum atomic E-state index is -0.590. The SMILES string of the molecule is Cc1ccc2nc(-c3ccc(NC(=O)C4=C[C@@H](c5coc6ccccc56)C[C@@H](OCCCCO)O4)cc3)sc2c1. The lowest BCUT2D eigenvalue weighted by Gasteiger charge is -2.29. The van der Waals surface area contributed by atoms with Crippen LogP contribution >= 0.6 is 11.3 Å². The zero-order valence-corrected chi connectivity index (χ0v) is 22.9. The maximum Gasteiger partial charge on any atom is 0.290 e. The number of aromatic nitrogens is 1. The zero-order chi connectivity index (χ0) is 27.5. The molecule has 7 nitrogen and oxygen atoms in total. The first kappa shape index (κ1) is 26.3. The standard InChI is InChI=1S/C32H30N2O5S/c1-20-8-13-26-29(16-20)40-32(34-26)21-9-11-23(12-10-21)33-31(36)28-17-22(18-30(39-28)37-15-5-4-14-35)25-19-38-27-7-3-2-6-24(25)27/h2-3,6-13,16-17,19,22,30,35H,4-5,14-15,18H2,1H3,(H,33,36)/t22-,30+/m1/s1. The number of allylic oxidation sites excluding steroid dienone is 1. The van der Waals surface area contributed by atoms with Gasteiger partial charge in [-0.15, -0.1) is 11.3 Å². The first-order chi connectivity index (χ1) is 19.6. The minimum Gasteiger partial charge on any atom is -0.464 e. The van der Waals surface area contributed by atoms with Gasteiger partial charge in [0.25, 0.3) is 5.91 Å². The van der Waals surface area contributed by atoms with Gasteiger partial charge in [0.1, 0.15) is 10.6 Å². The molecule has 1 aliphatic heterocycles. The van der Waals surface area contributed by atoms with Gasteiger partial charge < -0.3 is 24.3 Å². The van der Waals surface area contributed by atoms with E-state index in [1.807, 2.05) is 60.7 Å². The number of hydrogen-bond donors (Lipinski definition) is 2. The highest BCUT2D eigenvalue weighted by atomic mass is 32.1. The fourth-order valence-electron chi connectivity index (χ4n) is 4.89. The van der Waals surface area contributed by atoms with Crippen molar-refractivity contribution in [2.45, 2.75) is 38.4 Å². The molecule has 1 amide bonds. The number of rotatable bonds is 9. The van der Waals surface area contributed by atoms with Crippen LogP contribution in [0.4, 0.5) is 5.69 Å². The van der Waals surface area contributed by atoms with Crippen LogP contribution in [0.2, 0.25) is 0 Å². The predicted molar refractivity (Wildman–Crippen MR) is 157 cm³/mol. The Labute approximate surface area is 236 Å². The second kappa shape index (κ2) is 11.6. The lowest BCUT2D eigenvalue weighted by atomic mass is 9.92. The molecule has 3 heterocycles. The number of unbranched alkanes of at least 4 members (excludes halogenated alkanes) is 1. The molecule has 0 unspecified atom stereocenters. The maximum atomic E-state index is 13.3. The monoisotopic (exact) mass is 554 g/mol. The molecule has 8 heteroatoms. The van der Waals surface area contributed by atoms with E-state index in [1.165, 1.54) is 5.56 Å². The molecule has 0 saturated carbocycles. The number of hydrogen-bond acceptors (Lipinski definition) is 7. The Hall–Kier alpha value is -3.98. The quantitative estimate of drug-likeness (QED) is 0.188. The van der Waals surface area contributed by atoms with Crippen molar-refractivity contribution in [3.05, 3.63) is 96.0 Å². The third kappa shape index (κ3) is 5.65. The number of thiazole rings is 1. The van der Waals surface area contributed by atoms with Crippen molar-refractivity contribution >= 4 is 44.1 Å². The van der Waals surface area contributed by atoms with Crippen LogP contribution < -0.4 is 5.32 Å². The van der Waals surface area contributed by atoms with Gasteiger partial charge in [-0.25, -0.2) is 4.98 Å². The summed E-state index contributed by atoms with van der Waals surface area (Å²) in [5, 5.41) is 14.0. The van der Waals surface area contributed by atoms with Gasteiger partial charge in [-0.1, -0.05) is 24.3 Å². The van der Waals surface area contributed by atoms with Crippen LogP contribution in [0.3, 0.4) is 0 Å². The number of ether oxygens (including phenoxy) is 2. The molecule has 3 aromatic carbocycles. The summed E-state index contributed by atoms with van der Waals surface area (Å²) >= 11 is 1.65. The summed E-state index contributed by atoms with van der Waals surface area (Å²) < 4.78 is 18.9. The van der Waals surface area contributed by atoms with E-state index >= 15 is 0 Å². The number of nitrogens with zero attached hydrogens (tertiary/aromatic N) is 1. The van der Waals surface area contributed by atoms with E-state index in [-0.39, 0.29) is 24.2 Å². The van der Waals surface area contributed by atoms with E-state index in [0.29, 0.717) is 31.6 Å². The van der Waals surface area contributed by atoms with Gasteiger partial charge in [-0.2, -0.15) is 0 Å². The molecule has 2 atom stereocenters. The summed E-state index contributed by atoms with van der Waals surface area (Å²) in [7, 11) is 0. The van der Waals surface area contributed by atoms with Crippen LogP contribution in [0, 0.1) is 6.92 Å². The van der Waals surface area contributed by atoms with Crippen LogP contribution in [-0.4, -0.2) is 35.5 Å². The van der Waals surface area contributed by atoms with E-state index in [2.05, 4.69) is 24.4 Å². The molecule has 5 aromatic rings. The van der Waals surface area contributed by atoms with E-state index in [0.717, 1.165) is 37.3 Å². The molecule has 1 aliphatic rings. The average Bonchev–Trinajstić information content (AvgIpc) is 3.60. The van der Waals surface area contributed by atoms with Gasteiger partial charge in [0.05, 0.1) is 23.1 Å². The smallest absolute Gasteiger partial charge is 0.290 e. The Morgan fingerprint density at radius 3 is 2.83 bits per heavy atom. The number of anilines is 1. The van der Waals surface area contributed by atoms with Gasteiger partial charge >= 0.3 is 0 Å². The maximum absolute atomic E-state index is 13.3. The van der Waals surface area contributed by atoms with Crippen molar-refractivity contribution < 1.29 is 23.8 Å². The van der Waals surface area contributed by atoms with Crippen molar-refractivity contribution in [2.24, 2.45) is 0 Å². The predicted octanol–water partition coefficient (Wildman–Crippen LogP) is 7.16. The number of nitrogens with one attached hydrogen (secondary N) is 1. The Bertz CT molecular complexity index is 1670. The normalized spacial score (nSPS) is 17.1. The highest BCUT2D eigenvalue weighted by molar-refractivity contribution is 7.21. The van der Waals surface area contributed by atoms with Crippen molar-refractivity contribution in [1.82, 2.24) is 4.98 Å². The second-order valence-corrected chi connectivity index (χ2v) is 11.0. The van der Waals surface area contributed by atoms with E-state index in [1.54, 1.807) is 17.6 Å².